The molecule has 0 aromatic carbocycles. The molecular weight excluding hydrogens is 304 g/mol. The van der Waals surface area contributed by atoms with Crippen LogP contribution in [0.25, 0.3) is 0 Å². The van der Waals surface area contributed by atoms with Crippen molar-refractivity contribution in [3.63, 3.8) is 0 Å². The Morgan fingerprint density at radius 1 is 1.36 bits per heavy atom. The zero-order valence-corrected chi connectivity index (χ0v) is 13.4. The van der Waals surface area contributed by atoms with Crippen molar-refractivity contribution in [3.05, 3.63) is 23.8 Å². The number of esters is 1. The SMILES string of the molecule is COC(=O)C1(c2ccnc(CS(=O)(=O)C3CC3)n2)CCCC1. The Hall–Kier alpha value is -1.50. The van der Waals surface area contributed by atoms with Crippen LogP contribution in [-0.4, -0.2) is 36.7 Å². The fraction of sp³-hybridized carbons (Fsp3) is 0.667. The molecule has 0 unspecified atom stereocenters. The number of aromatic nitrogens is 2. The Morgan fingerprint density at radius 2 is 2.05 bits per heavy atom. The van der Waals surface area contributed by atoms with Crippen molar-refractivity contribution >= 4 is 15.8 Å². The molecule has 2 aliphatic rings. The van der Waals surface area contributed by atoms with Crippen LogP contribution in [0.1, 0.15) is 50.0 Å². The summed E-state index contributed by atoms with van der Waals surface area (Å²) in [5.41, 5.74) is -0.150. The van der Waals surface area contributed by atoms with E-state index in [1.807, 2.05) is 0 Å². The summed E-state index contributed by atoms with van der Waals surface area (Å²) in [5, 5.41) is -0.235. The molecule has 0 atom stereocenters. The molecule has 0 saturated heterocycles. The average molecular weight is 324 g/mol. The lowest BCUT2D eigenvalue weighted by Crippen LogP contribution is -2.35. The van der Waals surface area contributed by atoms with Gasteiger partial charge in [0.1, 0.15) is 17.0 Å². The maximum atomic E-state index is 12.3. The second-order valence-electron chi connectivity index (χ2n) is 6.15. The van der Waals surface area contributed by atoms with Gasteiger partial charge in [0.05, 0.1) is 18.1 Å². The van der Waals surface area contributed by atoms with Crippen LogP contribution >= 0.6 is 0 Å². The van der Waals surface area contributed by atoms with Crippen molar-refractivity contribution in [1.82, 2.24) is 9.97 Å². The van der Waals surface area contributed by atoms with Gasteiger partial charge in [-0.25, -0.2) is 18.4 Å². The number of carbonyl (C=O) groups is 1. The number of methoxy groups -OCH3 is 1. The Bertz CT molecular complexity index is 677. The summed E-state index contributed by atoms with van der Waals surface area (Å²) >= 11 is 0. The van der Waals surface area contributed by atoms with E-state index in [0.717, 1.165) is 25.7 Å². The Balaban J connectivity index is 1.91. The minimum absolute atomic E-state index is 0.150. The smallest absolute Gasteiger partial charge is 0.317 e. The highest BCUT2D eigenvalue weighted by Crippen LogP contribution is 2.41. The molecule has 3 rings (SSSR count). The van der Waals surface area contributed by atoms with E-state index in [4.69, 9.17) is 4.74 Å². The van der Waals surface area contributed by atoms with E-state index in [0.29, 0.717) is 18.5 Å². The third-order valence-corrected chi connectivity index (χ3v) is 6.74. The summed E-state index contributed by atoms with van der Waals surface area (Å²) in [4.78, 5) is 20.7. The van der Waals surface area contributed by atoms with Crippen LogP contribution in [0.15, 0.2) is 12.3 Å². The van der Waals surface area contributed by atoms with Crippen LogP contribution in [0.2, 0.25) is 0 Å². The second-order valence-corrected chi connectivity index (χ2v) is 8.43. The highest BCUT2D eigenvalue weighted by Gasteiger charge is 2.45. The van der Waals surface area contributed by atoms with Gasteiger partial charge in [0, 0.05) is 6.20 Å². The Kier molecular flexibility index (Phi) is 3.92. The maximum Gasteiger partial charge on any atom is 0.317 e. The normalized spacial score (nSPS) is 20.8. The van der Waals surface area contributed by atoms with Gasteiger partial charge in [0.2, 0.25) is 0 Å². The van der Waals surface area contributed by atoms with Crippen LogP contribution in [0.5, 0.6) is 0 Å². The third kappa shape index (κ3) is 2.74. The van der Waals surface area contributed by atoms with Gasteiger partial charge in [-0.15, -0.1) is 0 Å². The summed E-state index contributed by atoms with van der Waals surface area (Å²) in [6, 6.07) is 1.70. The molecule has 1 aromatic rings. The summed E-state index contributed by atoms with van der Waals surface area (Å²) in [6.07, 6.45) is 6.26. The van der Waals surface area contributed by atoms with Gasteiger partial charge in [-0.2, -0.15) is 0 Å². The lowest BCUT2D eigenvalue weighted by Gasteiger charge is -2.25. The molecule has 0 N–H and O–H groups in total. The number of rotatable bonds is 5. The first-order valence-electron chi connectivity index (χ1n) is 7.60. The van der Waals surface area contributed by atoms with E-state index in [-0.39, 0.29) is 22.8 Å². The number of nitrogens with zero attached hydrogens (tertiary/aromatic N) is 2. The monoisotopic (exact) mass is 324 g/mol. The molecule has 0 spiro atoms. The fourth-order valence-electron chi connectivity index (χ4n) is 3.20. The second kappa shape index (κ2) is 5.61. The predicted octanol–water partition coefficient (Wildman–Crippen LogP) is 1.54. The van der Waals surface area contributed by atoms with Crippen molar-refractivity contribution in [2.24, 2.45) is 0 Å². The maximum absolute atomic E-state index is 12.3. The van der Waals surface area contributed by atoms with Crippen LogP contribution < -0.4 is 0 Å². The fourth-order valence-corrected chi connectivity index (χ4v) is 4.79. The molecule has 1 heterocycles. The molecule has 120 valence electrons. The van der Waals surface area contributed by atoms with Gasteiger partial charge in [-0.1, -0.05) is 12.8 Å². The van der Waals surface area contributed by atoms with E-state index < -0.39 is 15.3 Å². The molecule has 2 saturated carbocycles. The molecule has 0 radical (unpaired) electrons. The number of hydrogen-bond acceptors (Lipinski definition) is 6. The standard InChI is InChI=1S/C15H20N2O4S/c1-21-14(18)15(7-2-3-8-15)12-6-9-16-13(17-12)10-22(19,20)11-4-5-11/h6,9,11H,2-5,7-8,10H2,1H3. The molecule has 0 bridgehead atoms. The van der Waals surface area contributed by atoms with Gasteiger partial charge >= 0.3 is 5.97 Å². The van der Waals surface area contributed by atoms with Crippen LogP contribution in [0.4, 0.5) is 0 Å². The van der Waals surface area contributed by atoms with Crippen molar-refractivity contribution in [1.29, 1.82) is 0 Å². The zero-order valence-electron chi connectivity index (χ0n) is 12.6. The van der Waals surface area contributed by atoms with Crippen molar-refractivity contribution < 1.29 is 17.9 Å². The van der Waals surface area contributed by atoms with Gasteiger partial charge in [0.25, 0.3) is 0 Å². The van der Waals surface area contributed by atoms with Gasteiger partial charge in [0.15, 0.2) is 9.84 Å². The van der Waals surface area contributed by atoms with Crippen LogP contribution in [0, 0.1) is 0 Å². The number of ether oxygens (including phenoxy) is 1. The molecule has 7 heteroatoms. The van der Waals surface area contributed by atoms with E-state index in [1.54, 1.807) is 12.3 Å². The van der Waals surface area contributed by atoms with Gasteiger partial charge in [-0.3, -0.25) is 4.79 Å². The Morgan fingerprint density at radius 3 is 2.64 bits per heavy atom. The van der Waals surface area contributed by atoms with Crippen molar-refractivity contribution in [2.75, 3.05) is 7.11 Å². The molecule has 0 aliphatic heterocycles. The van der Waals surface area contributed by atoms with Gasteiger partial charge < -0.3 is 4.74 Å². The number of hydrogen-bond donors (Lipinski definition) is 0. The average Bonchev–Trinajstić information content (AvgIpc) is 3.25. The summed E-state index contributed by atoms with van der Waals surface area (Å²) in [6.45, 7) is 0. The summed E-state index contributed by atoms with van der Waals surface area (Å²) < 4.78 is 29.1. The molecule has 2 aliphatic carbocycles. The third-order valence-electron chi connectivity index (χ3n) is 4.59. The van der Waals surface area contributed by atoms with Crippen molar-refractivity contribution in [3.8, 4) is 0 Å². The van der Waals surface area contributed by atoms with Gasteiger partial charge in [-0.05, 0) is 31.7 Å². The van der Waals surface area contributed by atoms with Crippen LogP contribution in [0.3, 0.4) is 0 Å². The van der Waals surface area contributed by atoms with E-state index >= 15 is 0 Å². The largest absolute Gasteiger partial charge is 0.468 e. The first-order chi connectivity index (χ1) is 10.5. The highest BCUT2D eigenvalue weighted by molar-refractivity contribution is 7.91. The number of sulfone groups is 1. The minimum Gasteiger partial charge on any atom is -0.468 e. The molecule has 0 amide bonds. The molecular formula is C15H20N2O4S. The van der Waals surface area contributed by atoms with E-state index in [9.17, 15) is 13.2 Å². The zero-order chi connectivity index (χ0) is 15.8. The van der Waals surface area contributed by atoms with E-state index in [1.165, 1.54) is 7.11 Å². The minimum atomic E-state index is -3.17. The van der Waals surface area contributed by atoms with Crippen LogP contribution in [-0.2, 0) is 30.5 Å². The summed E-state index contributed by atoms with van der Waals surface area (Å²) in [7, 11) is -1.79. The quantitative estimate of drug-likeness (QED) is 0.764. The Labute approximate surface area is 130 Å². The molecule has 6 nitrogen and oxygen atoms in total. The molecule has 2 fully saturated rings. The lowest BCUT2D eigenvalue weighted by molar-refractivity contribution is -0.147. The predicted molar refractivity (Wildman–Crippen MR) is 79.8 cm³/mol. The topological polar surface area (TPSA) is 86.2 Å². The molecule has 22 heavy (non-hydrogen) atoms. The summed E-state index contributed by atoms with van der Waals surface area (Å²) in [5.74, 6) is -0.165. The first kappa shape index (κ1) is 15.4. The number of carbonyl (C=O) groups excluding carboxylic acids is 1. The lowest BCUT2D eigenvalue weighted by atomic mass is 9.82. The van der Waals surface area contributed by atoms with E-state index in [2.05, 4.69) is 9.97 Å². The highest BCUT2D eigenvalue weighted by atomic mass is 32.2. The molecule has 1 aromatic heterocycles. The first-order valence-corrected chi connectivity index (χ1v) is 9.32. The van der Waals surface area contributed by atoms with Crippen molar-refractivity contribution in [2.45, 2.75) is 54.9 Å².